The molecule has 0 amide bonds. The SMILES string of the molecule is CCc1cccc(CC)c1NCc1csc2ccccc12. The standard InChI is InChI=1S/C19H21NS/c1-3-14-8-7-9-15(4-2)19(14)20-12-16-13-21-18-11-6-5-10-17(16)18/h5-11,13,20H,3-4,12H2,1-2H3. The van der Waals surface area contributed by atoms with Crippen LogP contribution in [0.4, 0.5) is 5.69 Å². The average Bonchev–Trinajstić information content (AvgIpc) is 2.95. The van der Waals surface area contributed by atoms with E-state index in [1.54, 1.807) is 0 Å². The van der Waals surface area contributed by atoms with E-state index < -0.39 is 0 Å². The molecule has 21 heavy (non-hydrogen) atoms. The molecule has 0 spiro atoms. The predicted molar refractivity (Wildman–Crippen MR) is 94.3 cm³/mol. The molecule has 1 N–H and O–H groups in total. The van der Waals surface area contributed by atoms with Gasteiger partial charge in [-0.05, 0) is 46.4 Å². The minimum atomic E-state index is 0.897. The van der Waals surface area contributed by atoms with E-state index >= 15 is 0 Å². The van der Waals surface area contributed by atoms with Crippen molar-refractivity contribution in [2.45, 2.75) is 33.2 Å². The lowest BCUT2D eigenvalue weighted by molar-refractivity contribution is 1.05. The molecule has 0 saturated heterocycles. The number of nitrogens with one attached hydrogen (secondary N) is 1. The zero-order valence-electron chi connectivity index (χ0n) is 12.6. The molecule has 0 aliphatic heterocycles. The van der Waals surface area contributed by atoms with Gasteiger partial charge >= 0.3 is 0 Å². The molecule has 1 heterocycles. The van der Waals surface area contributed by atoms with E-state index in [1.165, 1.54) is 32.5 Å². The van der Waals surface area contributed by atoms with Gasteiger partial charge < -0.3 is 5.32 Å². The van der Waals surface area contributed by atoms with Crippen molar-refractivity contribution < 1.29 is 0 Å². The molecule has 0 bridgehead atoms. The van der Waals surface area contributed by atoms with Gasteiger partial charge in [-0.15, -0.1) is 11.3 Å². The highest BCUT2D eigenvalue weighted by Gasteiger charge is 2.08. The molecule has 3 rings (SSSR count). The third kappa shape index (κ3) is 2.81. The van der Waals surface area contributed by atoms with Crippen LogP contribution in [0.1, 0.15) is 30.5 Å². The highest BCUT2D eigenvalue weighted by atomic mass is 32.1. The van der Waals surface area contributed by atoms with Gasteiger partial charge in [0.2, 0.25) is 0 Å². The summed E-state index contributed by atoms with van der Waals surface area (Å²) in [5.74, 6) is 0. The first-order valence-electron chi connectivity index (χ1n) is 7.63. The lowest BCUT2D eigenvalue weighted by Crippen LogP contribution is -2.04. The first-order valence-corrected chi connectivity index (χ1v) is 8.51. The zero-order valence-corrected chi connectivity index (χ0v) is 13.5. The number of thiophene rings is 1. The topological polar surface area (TPSA) is 12.0 Å². The predicted octanol–water partition coefficient (Wildman–Crippen LogP) is 5.64. The quantitative estimate of drug-likeness (QED) is 0.642. The largest absolute Gasteiger partial charge is 0.380 e. The summed E-state index contributed by atoms with van der Waals surface area (Å²) < 4.78 is 1.37. The summed E-state index contributed by atoms with van der Waals surface area (Å²) >= 11 is 1.83. The zero-order chi connectivity index (χ0) is 14.7. The van der Waals surface area contributed by atoms with E-state index in [9.17, 15) is 0 Å². The molecule has 108 valence electrons. The van der Waals surface area contributed by atoms with Gasteiger partial charge in [0.1, 0.15) is 0 Å². The van der Waals surface area contributed by atoms with Gasteiger partial charge in [0.05, 0.1) is 0 Å². The Labute approximate surface area is 130 Å². The number of hydrogen-bond acceptors (Lipinski definition) is 2. The van der Waals surface area contributed by atoms with E-state index in [1.807, 2.05) is 11.3 Å². The molecule has 1 nitrogen and oxygen atoms in total. The molecular weight excluding hydrogens is 274 g/mol. The highest BCUT2D eigenvalue weighted by molar-refractivity contribution is 7.17. The number of fused-ring (bicyclic) bond motifs is 1. The van der Waals surface area contributed by atoms with Crippen molar-refractivity contribution in [3.05, 3.63) is 64.5 Å². The van der Waals surface area contributed by atoms with Crippen LogP contribution in [0, 0.1) is 0 Å². The van der Waals surface area contributed by atoms with Gasteiger partial charge in [-0.2, -0.15) is 0 Å². The van der Waals surface area contributed by atoms with Crippen molar-refractivity contribution in [3.63, 3.8) is 0 Å². The van der Waals surface area contributed by atoms with E-state index in [-0.39, 0.29) is 0 Å². The molecule has 0 atom stereocenters. The van der Waals surface area contributed by atoms with Crippen LogP contribution in [0.25, 0.3) is 10.1 Å². The van der Waals surface area contributed by atoms with Gasteiger partial charge in [0, 0.05) is 16.9 Å². The average molecular weight is 295 g/mol. The maximum atomic E-state index is 3.68. The molecule has 0 aliphatic carbocycles. The van der Waals surface area contributed by atoms with Crippen LogP contribution in [0.3, 0.4) is 0 Å². The summed E-state index contributed by atoms with van der Waals surface area (Å²) in [5.41, 5.74) is 5.55. The van der Waals surface area contributed by atoms with E-state index in [0.29, 0.717) is 0 Å². The summed E-state index contributed by atoms with van der Waals surface area (Å²) in [7, 11) is 0. The van der Waals surface area contributed by atoms with Crippen LogP contribution in [-0.4, -0.2) is 0 Å². The van der Waals surface area contributed by atoms with Gasteiger partial charge in [-0.1, -0.05) is 50.2 Å². The van der Waals surface area contributed by atoms with Gasteiger partial charge in [-0.25, -0.2) is 0 Å². The summed E-state index contributed by atoms with van der Waals surface area (Å²) in [4.78, 5) is 0. The molecule has 0 saturated carbocycles. The fourth-order valence-electron chi connectivity index (χ4n) is 2.82. The van der Waals surface area contributed by atoms with Crippen molar-refractivity contribution in [3.8, 4) is 0 Å². The fraction of sp³-hybridized carbons (Fsp3) is 0.263. The van der Waals surface area contributed by atoms with Crippen LogP contribution < -0.4 is 5.32 Å². The Balaban J connectivity index is 1.88. The van der Waals surface area contributed by atoms with Crippen molar-refractivity contribution >= 4 is 27.1 Å². The van der Waals surface area contributed by atoms with Gasteiger partial charge in [0.25, 0.3) is 0 Å². The van der Waals surface area contributed by atoms with Crippen molar-refractivity contribution in [2.24, 2.45) is 0 Å². The Morgan fingerprint density at radius 1 is 0.857 bits per heavy atom. The van der Waals surface area contributed by atoms with E-state index in [4.69, 9.17) is 0 Å². The third-order valence-corrected chi connectivity index (χ3v) is 5.03. The Morgan fingerprint density at radius 3 is 2.29 bits per heavy atom. The maximum absolute atomic E-state index is 3.68. The number of anilines is 1. The van der Waals surface area contributed by atoms with Gasteiger partial charge in [0.15, 0.2) is 0 Å². The summed E-state index contributed by atoms with van der Waals surface area (Å²) in [6.07, 6.45) is 2.14. The van der Waals surface area contributed by atoms with Gasteiger partial charge in [-0.3, -0.25) is 0 Å². The monoisotopic (exact) mass is 295 g/mol. The minimum absolute atomic E-state index is 0.897. The number of aryl methyl sites for hydroxylation is 2. The van der Waals surface area contributed by atoms with Crippen LogP contribution in [0.15, 0.2) is 47.8 Å². The molecule has 2 aromatic carbocycles. The molecule has 0 radical (unpaired) electrons. The molecule has 0 aliphatic rings. The minimum Gasteiger partial charge on any atom is -0.380 e. The van der Waals surface area contributed by atoms with Crippen molar-refractivity contribution in [2.75, 3.05) is 5.32 Å². The second-order valence-corrected chi connectivity index (χ2v) is 6.18. The molecule has 1 aromatic heterocycles. The Morgan fingerprint density at radius 2 is 1.57 bits per heavy atom. The second-order valence-electron chi connectivity index (χ2n) is 5.27. The van der Waals surface area contributed by atoms with Crippen LogP contribution in [-0.2, 0) is 19.4 Å². The summed E-state index contributed by atoms with van der Waals surface area (Å²) in [6, 6.07) is 15.3. The van der Waals surface area contributed by atoms with Crippen molar-refractivity contribution in [1.82, 2.24) is 0 Å². The summed E-state index contributed by atoms with van der Waals surface area (Å²) in [5, 5.41) is 7.34. The van der Waals surface area contributed by atoms with Crippen LogP contribution >= 0.6 is 11.3 Å². The normalized spacial score (nSPS) is 11.0. The first kappa shape index (κ1) is 14.2. The third-order valence-electron chi connectivity index (χ3n) is 4.02. The molecular formula is C19H21NS. The first-order chi connectivity index (χ1) is 10.3. The lowest BCUT2D eigenvalue weighted by Gasteiger charge is -2.15. The fourth-order valence-corrected chi connectivity index (χ4v) is 3.79. The van der Waals surface area contributed by atoms with E-state index in [0.717, 1.165) is 19.4 Å². The summed E-state index contributed by atoms with van der Waals surface area (Å²) in [6.45, 7) is 5.34. The van der Waals surface area contributed by atoms with Crippen molar-refractivity contribution in [1.29, 1.82) is 0 Å². The number of hydrogen-bond donors (Lipinski definition) is 1. The Kier molecular flexibility index (Phi) is 4.26. The second kappa shape index (κ2) is 6.31. The Hall–Kier alpha value is -1.80. The van der Waals surface area contributed by atoms with Crippen LogP contribution in [0.2, 0.25) is 0 Å². The molecule has 3 aromatic rings. The van der Waals surface area contributed by atoms with Crippen LogP contribution in [0.5, 0.6) is 0 Å². The number of para-hydroxylation sites is 1. The highest BCUT2D eigenvalue weighted by Crippen LogP contribution is 2.28. The molecule has 0 unspecified atom stereocenters. The Bertz CT molecular complexity index is 720. The maximum Gasteiger partial charge on any atom is 0.0415 e. The smallest absolute Gasteiger partial charge is 0.0415 e. The molecule has 2 heteroatoms. The number of benzene rings is 2. The molecule has 0 fully saturated rings. The van der Waals surface area contributed by atoms with E-state index in [2.05, 4.69) is 67.0 Å². The number of rotatable bonds is 5. The lowest BCUT2D eigenvalue weighted by atomic mass is 10.0.